The molecule has 4 aliphatic rings. The van der Waals surface area contributed by atoms with Crippen molar-refractivity contribution in [2.45, 2.75) is 102 Å². The van der Waals surface area contributed by atoms with E-state index in [4.69, 9.17) is 14.7 Å². The normalized spacial score (nSPS) is 22.9. The number of piperazine rings is 1. The number of pyridine rings is 2. The molecule has 2 fully saturated rings. The number of aromatic hydroxyl groups is 1. The average molecular weight is 753 g/mol. The van der Waals surface area contributed by atoms with Gasteiger partial charge < -0.3 is 25.0 Å². The Labute approximate surface area is 317 Å². The van der Waals surface area contributed by atoms with Crippen LogP contribution in [0, 0.1) is 23.1 Å². The zero-order valence-corrected chi connectivity index (χ0v) is 33.4. The number of anilines is 2. The number of phenolic OH excluding ortho intramolecular Hbond substituents is 1. The lowest BCUT2D eigenvalue weighted by molar-refractivity contribution is -0.121. The molecule has 9 nitrogen and oxygen atoms in total. The zero-order chi connectivity index (χ0) is 38.4. The number of amides is 1. The first kappa shape index (κ1) is 36.7. The number of nitrogens with zero attached hydrogens (tertiary/aromatic N) is 5. The summed E-state index contributed by atoms with van der Waals surface area (Å²) in [5, 5.41) is 15.8. The molecule has 2 aromatic carbocycles. The second-order valence-corrected chi connectivity index (χ2v) is 22.3. The molecule has 54 heavy (non-hydrogen) atoms. The van der Waals surface area contributed by atoms with Crippen molar-refractivity contribution >= 4 is 47.0 Å². The van der Waals surface area contributed by atoms with Crippen molar-refractivity contribution in [3.05, 3.63) is 47.7 Å². The SMILES string of the molecule is CC(C)[Si](C#Cc1c(F)ccc2cc(O)cc(-c3ncc4c5c6c(nc4c3F)O[C@@H]([C@@H]3CCCN3C)CN6C(=O)[C@H]3CN[C@H](C)CN53)c12)(C(C)C)C(C)C. The number of ether oxygens (including phenoxy) is 1. The van der Waals surface area contributed by atoms with Gasteiger partial charge in [0.2, 0.25) is 5.88 Å². The van der Waals surface area contributed by atoms with Gasteiger partial charge in [0, 0.05) is 47.7 Å². The molecule has 0 aliphatic carbocycles. The van der Waals surface area contributed by atoms with Crippen molar-refractivity contribution in [1.29, 1.82) is 0 Å². The standard InChI is InChI=1S/C42H50F2N6O3Si/c1-22(2)54(23(3)4,24(5)6)15-13-28-31(43)12-11-26-16-27(51)17-29(35(26)28)37-36(44)38-30(18-46-37)39-40-41(47-38)53-34(32-10-9-14-48(32)8)21-50(40)42(52)33-19-45-25(7)20-49(33)39/h11-12,16-18,22-25,32-34,45,51H,9-10,14,19-21H2,1-8H3/t25-,32+,33-,34-/m1/s1. The molecule has 0 bridgehead atoms. The van der Waals surface area contributed by atoms with Crippen LogP contribution in [0.5, 0.6) is 11.6 Å². The lowest BCUT2D eigenvalue weighted by Gasteiger charge is -2.50. The summed E-state index contributed by atoms with van der Waals surface area (Å²) >= 11 is 0. The van der Waals surface area contributed by atoms with Crippen molar-refractivity contribution in [2.24, 2.45) is 0 Å². The van der Waals surface area contributed by atoms with E-state index < -0.39 is 25.8 Å². The molecule has 2 aromatic heterocycles. The van der Waals surface area contributed by atoms with Gasteiger partial charge in [-0.05, 0) is 73.6 Å². The highest BCUT2D eigenvalue weighted by molar-refractivity contribution is 6.90. The van der Waals surface area contributed by atoms with E-state index in [-0.39, 0.29) is 58.1 Å². The number of carbonyl (C=O) groups is 1. The molecule has 284 valence electrons. The van der Waals surface area contributed by atoms with E-state index in [9.17, 15) is 9.90 Å². The fourth-order valence-corrected chi connectivity index (χ4v) is 15.3. The molecule has 0 radical (unpaired) electrons. The van der Waals surface area contributed by atoms with E-state index in [1.807, 2.05) is 0 Å². The molecular formula is C42H50F2N6O3Si. The van der Waals surface area contributed by atoms with Gasteiger partial charge in [-0.15, -0.1) is 5.54 Å². The number of likely N-dealkylation sites (N-methyl/N-ethyl adjacent to an activating group) is 1. The zero-order valence-electron chi connectivity index (χ0n) is 32.4. The molecular weight excluding hydrogens is 703 g/mol. The molecule has 1 amide bonds. The number of benzene rings is 2. The summed E-state index contributed by atoms with van der Waals surface area (Å²) < 4.78 is 40.2. The third-order valence-corrected chi connectivity index (χ3v) is 19.0. The van der Waals surface area contributed by atoms with Crippen LogP contribution in [-0.4, -0.2) is 91.4 Å². The minimum absolute atomic E-state index is 0.0234. The maximum atomic E-state index is 17.5. The predicted molar refractivity (Wildman–Crippen MR) is 213 cm³/mol. The second kappa shape index (κ2) is 13.5. The van der Waals surface area contributed by atoms with Gasteiger partial charge in [0.25, 0.3) is 5.91 Å². The summed E-state index contributed by atoms with van der Waals surface area (Å²) in [7, 11) is -0.209. The quantitative estimate of drug-likeness (QED) is 0.161. The van der Waals surface area contributed by atoms with Crippen LogP contribution in [0.4, 0.5) is 20.2 Å². The summed E-state index contributed by atoms with van der Waals surface area (Å²) in [4.78, 5) is 29.8. The van der Waals surface area contributed by atoms with Crippen LogP contribution in [0.2, 0.25) is 16.6 Å². The summed E-state index contributed by atoms with van der Waals surface area (Å²) in [5.41, 5.74) is 6.20. The summed E-state index contributed by atoms with van der Waals surface area (Å²) in [6.45, 7) is 17.6. The predicted octanol–water partition coefficient (Wildman–Crippen LogP) is 7.37. The first-order chi connectivity index (χ1) is 25.7. The van der Waals surface area contributed by atoms with Gasteiger partial charge in [-0.2, -0.15) is 0 Å². The van der Waals surface area contributed by atoms with Crippen molar-refractivity contribution in [1.82, 2.24) is 20.2 Å². The van der Waals surface area contributed by atoms with Gasteiger partial charge >= 0.3 is 0 Å². The number of hydrogen-bond donors (Lipinski definition) is 2. The Morgan fingerprint density at radius 3 is 2.48 bits per heavy atom. The largest absolute Gasteiger partial charge is 0.508 e. The van der Waals surface area contributed by atoms with Crippen LogP contribution in [-0.2, 0) is 4.79 Å². The maximum absolute atomic E-state index is 17.5. The number of rotatable bonds is 5. The van der Waals surface area contributed by atoms with Crippen LogP contribution < -0.4 is 19.9 Å². The number of aromatic nitrogens is 2. The molecule has 8 rings (SSSR count). The molecule has 0 saturated carbocycles. The molecule has 4 aliphatic heterocycles. The Morgan fingerprint density at radius 2 is 1.80 bits per heavy atom. The fourth-order valence-electron chi connectivity index (χ4n) is 10.1. The van der Waals surface area contributed by atoms with Crippen molar-refractivity contribution in [2.75, 3.05) is 43.0 Å². The number of likely N-dealkylation sites (tertiary alicyclic amines) is 1. The van der Waals surface area contributed by atoms with Gasteiger partial charge in [0.15, 0.2) is 5.82 Å². The Bertz CT molecular complexity index is 2230. The van der Waals surface area contributed by atoms with E-state index in [1.54, 1.807) is 23.2 Å². The van der Waals surface area contributed by atoms with Crippen molar-refractivity contribution in [3.8, 4) is 34.4 Å². The molecule has 6 heterocycles. The van der Waals surface area contributed by atoms with Crippen LogP contribution in [0.1, 0.15) is 66.9 Å². The number of nitrogens with one attached hydrogen (secondary N) is 1. The van der Waals surface area contributed by atoms with E-state index in [2.05, 4.69) is 82.1 Å². The molecule has 0 unspecified atom stereocenters. The Balaban J connectivity index is 1.36. The minimum Gasteiger partial charge on any atom is -0.508 e. The van der Waals surface area contributed by atoms with Crippen LogP contribution >= 0.6 is 0 Å². The highest BCUT2D eigenvalue weighted by Crippen LogP contribution is 2.51. The van der Waals surface area contributed by atoms with Gasteiger partial charge in [0.1, 0.15) is 48.7 Å². The highest BCUT2D eigenvalue weighted by Gasteiger charge is 2.49. The number of hydrogen-bond acceptors (Lipinski definition) is 8. The molecule has 2 N–H and O–H groups in total. The van der Waals surface area contributed by atoms with Crippen molar-refractivity contribution < 1.29 is 23.4 Å². The monoisotopic (exact) mass is 752 g/mol. The van der Waals surface area contributed by atoms with E-state index >= 15 is 8.78 Å². The maximum Gasteiger partial charge on any atom is 0.251 e. The Hall–Kier alpha value is -4.31. The van der Waals surface area contributed by atoms with Gasteiger partial charge in [-0.1, -0.05) is 53.5 Å². The highest BCUT2D eigenvalue weighted by atomic mass is 28.3. The number of halogens is 2. The molecule has 4 atom stereocenters. The van der Waals surface area contributed by atoms with Crippen LogP contribution in [0.25, 0.3) is 32.9 Å². The first-order valence-electron chi connectivity index (χ1n) is 19.4. The number of carbonyl (C=O) groups excluding carboxylic acids is 1. The van der Waals surface area contributed by atoms with Crippen LogP contribution in [0.15, 0.2) is 30.5 Å². The van der Waals surface area contributed by atoms with Crippen LogP contribution in [0.3, 0.4) is 0 Å². The Kier molecular flexibility index (Phi) is 9.14. The van der Waals surface area contributed by atoms with Gasteiger partial charge in [0.05, 0.1) is 17.8 Å². The molecule has 12 heteroatoms. The summed E-state index contributed by atoms with van der Waals surface area (Å²) in [6, 6.07) is 5.61. The number of fused-ring (bicyclic) bond motifs is 5. The smallest absolute Gasteiger partial charge is 0.251 e. The lowest BCUT2D eigenvalue weighted by atomic mass is 9.94. The lowest BCUT2D eigenvalue weighted by Crippen LogP contribution is -2.66. The van der Waals surface area contributed by atoms with E-state index in [0.29, 0.717) is 63.8 Å². The summed E-state index contributed by atoms with van der Waals surface area (Å²) in [6.07, 6.45) is 3.22. The third kappa shape index (κ3) is 5.56. The second-order valence-electron chi connectivity index (χ2n) is 16.7. The molecule has 2 saturated heterocycles. The molecule has 0 spiro atoms. The average Bonchev–Trinajstić information content (AvgIpc) is 3.56. The first-order valence-corrected chi connectivity index (χ1v) is 21.6. The summed E-state index contributed by atoms with van der Waals surface area (Å²) in [5.74, 6) is 2.15. The van der Waals surface area contributed by atoms with E-state index in [1.165, 1.54) is 12.1 Å². The van der Waals surface area contributed by atoms with Gasteiger partial charge in [-0.3, -0.25) is 14.7 Å². The van der Waals surface area contributed by atoms with E-state index in [0.717, 1.165) is 19.4 Å². The third-order valence-electron chi connectivity index (χ3n) is 12.7. The number of phenols is 1. The minimum atomic E-state index is -2.28. The van der Waals surface area contributed by atoms with Gasteiger partial charge in [-0.25, -0.2) is 13.8 Å². The Morgan fingerprint density at radius 1 is 1.06 bits per heavy atom. The topological polar surface area (TPSA) is 94.1 Å². The molecule has 4 aromatic rings. The fraction of sp³-hybridized carbons (Fsp3) is 0.500. The van der Waals surface area contributed by atoms with Crippen molar-refractivity contribution in [3.63, 3.8) is 0 Å².